The van der Waals surface area contributed by atoms with Gasteiger partial charge in [0.15, 0.2) is 5.96 Å². The van der Waals surface area contributed by atoms with Crippen LogP contribution in [0.2, 0.25) is 0 Å². The normalized spacial score (nSPS) is 14.8. The minimum absolute atomic E-state index is 0.00935. The number of aliphatic carboxylic acids is 3. The Morgan fingerprint density at radius 1 is 0.333 bits per heavy atom. The van der Waals surface area contributed by atoms with Gasteiger partial charge in [0.2, 0.25) is 100 Å². The molecule has 0 aliphatic carbocycles. The molecule has 0 aromatic heterocycles. The number of guanidine groups is 1. The number of aliphatic hydroxyl groups excluding tert-OH is 2. The first-order valence-corrected chi connectivity index (χ1v) is 46.0. The lowest BCUT2D eigenvalue weighted by Gasteiger charge is -2.31. The van der Waals surface area contributed by atoms with Gasteiger partial charge in [-0.3, -0.25) is 102 Å². The molecule has 37 N–H and O–H groups in total. The molecule has 51 heteroatoms. The minimum Gasteiger partial charge on any atom is -0.508 e. The Kier molecular flexibility index (Phi) is 53.7. The van der Waals surface area contributed by atoms with Gasteiger partial charge in [-0.15, -0.1) is 0 Å². The molecule has 7 unspecified atom stereocenters. The second kappa shape index (κ2) is 62.6. The van der Waals surface area contributed by atoms with Crippen molar-refractivity contribution in [1.29, 1.82) is 5.41 Å². The molecule has 0 bridgehead atoms. The number of benzene rings is 3. The summed E-state index contributed by atoms with van der Waals surface area (Å²) in [6, 6.07) is -8.82. The van der Waals surface area contributed by atoms with Gasteiger partial charge in [0.1, 0.15) is 102 Å². The van der Waals surface area contributed by atoms with Crippen molar-refractivity contribution in [3.8, 4) is 11.5 Å². The number of aromatic hydroxyl groups is 2. The highest BCUT2D eigenvalue weighted by Crippen LogP contribution is 2.20. The molecular formula is C90H140N24O27. The molecule has 0 spiro atoms. The summed E-state index contributed by atoms with van der Waals surface area (Å²) in [6.07, 6.45) is -4.49. The number of carbonyl (C=O) groups excluding carboxylic acids is 17. The van der Waals surface area contributed by atoms with Gasteiger partial charge in [-0.25, -0.2) is 10.2 Å². The number of hydrazine groups is 1. The van der Waals surface area contributed by atoms with Crippen LogP contribution in [-0.2, 0) is 115 Å². The standard InChI is InChI=1S/C90H140N24O27/c1-9-48(8)73(88(139)108-57(34-45(2)3)77(128)100-54(20-13-15-31-91)74(125)99-55(21-14-16-32-92)75(126)102-59(37-50-23-27-52(117)28-24-50)78(129)101-56(22-17-33-98-90(95)96)76(127)109-65(89(140)141)40-69(94)120)113-87(138)72(47(6)7)112-83(134)61(39-68(93)119)105-85(136)66(43-115)111-86(137)67(44-116)110-82(133)63(42-71(123)124)107-81(132)62(41-70(121)122)106-80(131)58(36-49-18-11-10-12-19-49)103-79(130)60(38-51-25-29-53(118)30-26-51)104-84(135)64(114-97)35-46(4)5/h10-12,18-19,23-30,45-48,54-67,72-73,114-118H,9,13-17,20-22,31-44,91-92,97H2,1-8H3,(H2,93,119)(H2,94,120)(H,99,125)(H,100,128)(H,101,129)(H,102,126)(H,103,130)(H,104,135)(H,105,136)(H,106,131)(H,107,132)(H,108,139)(H,109,127)(H,110,133)(H,111,137)(H,112,134)(H,113,138)(H,121,122)(H,123,124)(H,140,141)(H4,95,96,98)/t48-,54?,55-,56-,57-,58-,59?,60?,61?,62?,63-,64-,65?,66-,67?,72-,73-/m0/s1. The van der Waals surface area contributed by atoms with E-state index in [9.17, 15) is 132 Å². The van der Waals surface area contributed by atoms with E-state index in [-0.39, 0.29) is 120 Å². The quantitative estimate of drug-likeness (QED) is 0.00821. The Bertz CT molecular complexity index is 4710. The summed E-state index contributed by atoms with van der Waals surface area (Å²) < 4.78 is 0. The van der Waals surface area contributed by atoms with E-state index in [0.717, 1.165) is 0 Å². The number of carboxylic acids is 3. The topological polar surface area (TPSA) is 867 Å². The van der Waals surface area contributed by atoms with Crippen molar-refractivity contribution in [3.63, 3.8) is 0 Å². The maximum Gasteiger partial charge on any atom is 0.326 e. The van der Waals surface area contributed by atoms with Crippen LogP contribution in [-0.4, -0.2) is 290 Å². The second-order valence-corrected chi connectivity index (χ2v) is 35.1. The van der Waals surface area contributed by atoms with Crippen LogP contribution in [0.25, 0.3) is 0 Å². The van der Waals surface area contributed by atoms with Gasteiger partial charge in [-0.05, 0) is 142 Å². The Labute approximate surface area is 814 Å². The fraction of sp³-hybridized carbons (Fsp3) is 0.567. The highest BCUT2D eigenvalue weighted by atomic mass is 16.4. The van der Waals surface area contributed by atoms with Crippen molar-refractivity contribution in [2.24, 2.45) is 58.2 Å². The largest absolute Gasteiger partial charge is 0.508 e. The number of carboxylic acid groups (broad SMARTS) is 3. The summed E-state index contributed by atoms with van der Waals surface area (Å²) in [5, 5.41) is 117. The van der Waals surface area contributed by atoms with Gasteiger partial charge < -0.3 is 149 Å². The summed E-state index contributed by atoms with van der Waals surface area (Å²) in [5.41, 5.74) is 31.5. The number of hydrogen-bond donors (Lipinski definition) is 31. The Morgan fingerprint density at radius 2 is 0.624 bits per heavy atom. The van der Waals surface area contributed by atoms with Crippen molar-refractivity contribution in [1.82, 2.24) is 90.5 Å². The van der Waals surface area contributed by atoms with Gasteiger partial charge in [0.25, 0.3) is 0 Å². The number of phenols is 2. The summed E-state index contributed by atoms with van der Waals surface area (Å²) in [7, 11) is 0. The molecule has 0 radical (unpaired) electrons. The van der Waals surface area contributed by atoms with Crippen molar-refractivity contribution >= 4 is 124 Å². The van der Waals surface area contributed by atoms with Crippen LogP contribution in [0.3, 0.4) is 0 Å². The fourth-order valence-corrected chi connectivity index (χ4v) is 14.2. The lowest BCUT2D eigenvalue weighted by molar-refractivity contribution is -0.144. The zero-order chi connectivity index (χ0) is 106. The zero-order valence-corrected chi connectivity index (χ0v) is 80.1. The SMILES string of the molecule is CC[C@H](C)[C@H](NC(=O)[C@@H](NC(=O)C(CC(N)=O)NC(=O)[C@H](CO)NC(=O)C(CO)NC(=O)[C@H](CC(=O)O)NC(=O)C(CC(=O)O)NC(=O)[C@H](Cc1ccccc1)NC(=O)C(Cc1ccc(O)cc1)NC(=O)[C@H](CC(C)C)NN)C(C)C)C(=O)N[C@@H](CC(C)C)C(=O)NC(CCCCN)C(=O)N[C@@H](CCCCN)C(=O)NC(Cc1ccc(O)cc1)C(=O)N[C@@H](CCCNC(=N)N)C(=O)NC(CC(N)=O)C(=O)O. The monoisotopic (exact) mass is 1990 g/mol. The highest BCUT2D eigenvalue weighted by molar-refractivity contribution is 6.03. The third kappa shape index (κ3) is 45.0. The van der Waals surface area contributed by atoms with E-state index in [4.69, 9.17) is 39.9 Å². The summed E-state index contributed by atoms with van der Waals surface area (Å²) in [5.74, 6) is -21.9. The number of rotatable bonds is 67. The number of nitrogens with two attached hydrogens (primary N) is 6. The molecule has 17 amide bonds. The van der Waals surface area contributed by atoms with E-state index in [1.54, 1.807) is 58.0 Å². The minimum atomic E-state index is -2.29. The van der Waals surface area contributed by atoms with Crippen molar-refractivity contribution in [2.45, 2.75) is 268 Å². The summed E-state index contributed by atoms with van der Waals surface area (Å²) in [6.45, 7) is 10.7. The molecule has 0 heterocycles. The van der Waals surface area contributed by atoms with Crippen LogP contribution in [0.5, 0.6) is 11.5 Å². The number of aliphatic hydroxyl groups is 2. The highest BCUT2D eigenvalue weighted by Gasteiger charge is 2.42. The molecule has 141 heavy (non-hydrogen) atoms. The van der Waals surface area contributed by atoms with E-state index in [1.807, 2.05) is 29.8 Å². The molecule has 0 saturated carbocycles. The Morgan fingerprint density at radius 3 is 0.972 bits per heavy atom. The Balaban J connectivity index is 1.93. The number of hydrogen-bond acceptors (Lipinski definition) is 29. The van der Waals surface area contributed by atoms with E-state index in [1.165, 1.54) is 62.4 Å². The third-order valence-electron chi connectivity index (χ3n) is 22.0. The second-order valence-electron chi connectivity index (χ2n) is 35.1. The van der Waals surface area contributed by atoms with E-state index in [0.29, 0.717) is 29.5 Å². The smallest absolute Gasteiger partial charge is 0.326 e. The van der Waals surface area contributed by atoms with Crippen LogP contribution in [0.1, 0.15) is 168 Å². The maximum atomic E-state index is 14.8. The van der Waals surface area contributed by atoms with Crippen LogP contribution < -0.4 is 125 Å². The van der Waals surface area contributed by atoms with Crippen molar-refractivity contribution in [2.75, 3.05) is 32.8 Å². The molecule has 0 aliphatic rings. The molecule has 17 atom stereocenters. The zero-order valence-electron chi connectivity index (χ0n) is 80.1. The molecule has 0 fully saturated rings. The molecule has 3 aromatic rings. The molecule has 0 saturated heterocycles. The van der Waals surface area contributed by atoms with E-state index < -0.39 is 272 Å². The molecule has 51 nitrogen and oxygen atoms in total. The van der Waals surface area contributed by atoms with Crippen LogP contribution in [0, 0.1) is 29.1 Å². The molecule has 0 aliphatic heterocycles. The van der Waals surface area contributed by atoms with Gasteiger partial charge >= 0.3 is 17.9 Å². The average molecular weight is 1990 g/mol. The molecule has 3 rings (SSSR count). The number of carbonyl (C=O) groups is 20. The lowest BCUT2D eigenvalue weighted by atomic mass is 9.95. The number of unbranched alkanes of at least 4 members (excludes halogenated alkanes) is 2. The van der Waals surface area contributed by atoms with Crippen LogP contribution in [0.4, 0.5) is 0 Å². The van der Waals surface area contributed by atoms with Gasteiger partial charge in [-0.1, -0.05) is 116 Å². The number of nitrogens with one attached hydrogen (secondary N) is 18. The maximum absolute atomic E-state index is 14.8. The lowest BCUT2D eigenvalue weighted by Crippen LogP contribution is -2.63. The predicted octanol–water partition coefficient (Wildman–Crippen LogP) is -7.69. The fourth-order valence-electron chi connectivity index (χ4n) is 14.2. The summed E-state index contributed by atoms with van der Waals surface area (Å²) in [4.78, 5) is 276. The Hall–Kier alpha value is -14.3. The van der Waals surface area contributed by atoms with Crippen molar-refractivity contribution in [3.05, 3.63) is 95.6 Å². The van der Waals surface area contributed by atoms with Gasteiger partial charge in [0, 0.05) is 25.8 Å². The van der Waals surface area contributed by atoms with Crippen LogP contribution >= 0.6 is 0 Å². The molecule has 782 valence electrons. The van der Waals surface area contributed by atoms with Crippen molar-refractivity contribution < 1.29 is 132 Å². The first-order valence-electron chi connectivity index (χ1n) is 46.0. The molecular weight excluding hydrogens is 1850 g/mol. The third-order valence-corrected chi connectivity index (χ3v) is 22.0. The number of amides is 17. The van der Waals surface area contributed by atoms with E-state index >= 15 is 0 Å². The molecule has 3 aromatic carbocycles. The first kappa shape index (κ1) is 121. The number of primary amides is 2. The average Bonchev–Trinajstić information content (AvgIpc) is 0.849. The van der Waals surface area contributed by atoms with E-state index in [2.05, 4.69) is 74.5 Å². The first-order chi connectivity index (χ1) is 66.5. The number of phenolic OH excluding ortho intramolecular Hbond substituents is 2. The van der Waals surface area contributed by atoms with Crippen LogP contribution in [0.15, 0.2) is 78.9 Å². The summed E-state index contributed by atoms with van der Waals surface area (Å²) >= 11 is 0. The predicted molar refractivity (Wildman–Crippen MR) is 506 cm³/mol. The van der Waals surface area contributed by atoms with Gasteiger partial charge in [0.05, 0.1) is 44.9 Å². The van der Waals surface area contributed by atoms with Gasteiger partial charge in [-0.2, -0.15) is 0 Å².